The van der Waals surface area contributed by atoms with Crippen molar-refractivity contribution in [1.82, 2.24) is 24.5 Å². The summed E-state index contributed by atoms with van der Waals surface area (Å²) in [6.45, 7) is 0. The van der Waals surface area contributed by atoms with Crippen molar-refractivity contribution >= 4 is 33.3 Å². The molecule has 0 bridgehead atoms. The number of allylic oxidation sites excluding steroid dienone is 2. The van der Waals surface area contributed by atoms with E-state index in [0.717, 1.165) is 33.1 Å². The highest BCUT2D eigenvalue weighted by molar-refractivity contribution is 6.09. The summed E-state index contributed by atoms with van der Waals surface area (Å²) in [5.41, 5.74) is 9.84. The fourth-order valence-corrected chi connectivity index (χ4v) is 7.65. The normalized spacial score (nSPS) is 16.2. The molecule has 3 aromatic heterocycles. The molecule has 0 spiro atoms. The maximum absolute atomic E-state index is 5.06. The van der Waals surface area contributed by atoms with Gasteiger partial charge in [-0.25, -0.2) is 9.97 Å². The molecule has 2 unspecified atom stereocenters. The number of fused-ring (bicyclic) bond motifs is 6. The monoisotopic (exact) mass is 642 g/mol. The summed E-state index contributed by atoms with van der Waals surface area (Å²) in [6.07, 6.45) is 10.9. The van der Waals surface area contributed by atoms with E-state index in [2.05, 4.69) is 107 Å². The number of rotatable bonds is 5. The first-order valence-electron chi connectivity index (χ1n) is 16.9. The molecular formula is C44H30N6. The highest BCUT2D eigenvalue weighted by Gasteiger charge is 2.39. The first-order chi connectivity index (χ1) is 24.8. The Bertz CT molecular complexity index is 2550. The van der Waals surface area contributed by atoms with Gasteiger partial charge in [0.25, 0.3) is 0 Å². The van der Waals surface area contributed by atoms with Crippen molar-refractivity contribution in [1.29, 1.82) is 0 Å². The van der Waals surface area contributed by atoms with Gasteiger partial charge in [0.1, 0.15) is 5.65 Å². The second-order valence-electron chi connectivity index (χ2n) is 12.7. The number of pyridine rings is 1. The van der Waals surface area contributed by atoms with Gasteiger partial charge in [0.15, 0.2) is 11.6 Å². The maximum Gasteiger partial charge on any atom is 0.240 e. The van der Waals surface area contributed by atoms with Gasteiger partial charge in [0.05, 0.1) is 11.6 Å². The first-order valence-corrected chi connectivity index (χ1v) is 16.9. The summed E-state index contributed by atoms with van der Waals surface area (Å²) in [7, 11) is 0. The highest BCUT2D eigenvalue weighted by Crippen LogP contribution is 2.51. The lowest BCUT2D eigenvalue weighted by atomic mass is 9.86. The fourth-order valence-electron chi connectivity index (χ4n) is 7.65. The third kappa shape index (κ3) is 4.49. The average molecular weight is 643 g/mol. The van der Waals surface area contributed by atoms with Gasteiger partial charge < -0.3 is 4.90 Å². The number of aromatic nitrogens is 5. The Morgan fingerprint density at radius 3 is 1.98 bits per heavy atom. The number of hydrogen-bond donors (Lipinski definition) is 0. The fraction of sp³-hybridized carbons (Fsp3) is 0.0455. The van der Waals surface area contributed by atoms with Crippen LogP contribution in [0.25, 0.3) is 61.8 Å². The Labute approximate surface area is 289 Å². The summed E-state index contributed by atoms with van der Waals surface area (Å²) < 4.78 is 2.08. The molecular weight excluding hydrogens is 613 g/mol. The van der Waals surface area contributed by atoms with Crippen LogP contribution in [0.4, 0.5) is 11.4 Å². The summed E-state index contributed by atoms with van der Waals surface area (Å²) in [6, 6.07) is 48.7. The van der Waals surface area contributed by atoms with Crippen LogP contribution in [0.2, 0.25) is 0 Å². The molecule has 6 heteroatoms. The van der Waals surface area contributed by atoms with Gasteiger partial charge in [0.2, 0.25) is 5.95 Å². The highest BCUT2D eigenvalue weighted by atomic mass is 15.2. The molecule has 0 radical (unpaired) electrons. The smallest absolute Gasteiger partial charge is 0.240 e. The minimum absolute atomic E-state index is 0.217. The van der Waals surface area contributed by atoms with Gasteiger partial charge in [-0.15, -0.1) is 0 Å². The summed E-state index contributed by atoms with van der Waals surface area (Å²) in [4.78, 5) is 22.4. The van der Waals surface area contributed by atoms with E-state index in [4.69, 9.17) is 19.9 Å². The number of benzene rings is 5. The number of para-hydroxylation sites is 1. The van der Waals surface area contributed by atoms with E-state index in [-0.39, 0.29) is 12.0 Å². The quantitative estimate of drug-likeness (QED) is 0.187. The molecule has 10 rings (SSSR count). The van der Waals surface area contributed by atoms with Gasteiger partial charge in [0, 0.05) is 45.4 Å². The van der Waals surface area contributed by atoms with Crippen LogP contribution in [-0.2, 0) is 0 Å². The average Bonchev–Trinajstić information content (AvgIpc) is 3.71. The molecule has 236 valence electrons. The lowest BCUT2D eigenvalue weighted by Crippen LogP contribution is -2.28. The van der Waals surface area contributed by atoms with Crippen molar-refractivity contribution in [2.75, 3.05) is 4.90 Å². The van der Waals surface area contributed by atoms with E-state index in [9.17, 15) is 0 Å². The third-order valence-corrected chi connectivity index (χ3v) is 9.84. The van der Waals surface area contributed by atoms with Crippen molar-refractivity contribution in [3.63, 3.8) is 0 Å². The summed E-state index contributed by atoms with van der Waals surface area (Å²) in [5.74, 6) is 2.00. The van der Waals surface area contributed by atoms with Gasteiger partial charge >= 0.3 is 0 Å². The van der Waals surface area contributed by atoms with Crippen LogP contribution in [0.1, 0.15) is 11.5 Å². The lowest BCUT2D eigenvalue weighted by Gasteiger charge is -2.28. The molecule has 6 nitrogen and oxygen atoms in total. The van der Waals surface area contributed by atoms with Gasteiger partial charge in [-0.3, -0.25) is 4.57 Å². The molecule has 0 N–H and O–H groups in total. The topological polar surface area (TPSA) is 59.7 Å². The van der Waals surface area contributed by atoms with E-state index in [1.807, 2.05) is 72.9 Å². The van der Waals surface area contributed by atoms with E-state index in [1.54, 1.807) is 0 Å². The van der Waals surface area contributed by atoms with Crippen LogP contribution in [0, 0.1) is 0 Å². The summed E-state index contributed by atoms with van der Waals surface area (Å²) >= 11 is 0. The SMILES string of the molecule is C1=CC2c3c(-c4ccc5c(c4)c4cccnc4n5-c4nc(-c5ccccc5)nc(-c5ccccc5)n4)cccc3N(c3ccccc3)C2C=C1. The molecule has 1 aliphatic heterocycles. The van der Waals surface area contributed by atoms with Crippen LogP contribution in [0.5, 0.6) is 0 Å². The minimum atomic E-state index is 0.217. The Balaban J connectivity index is 1.18. The van der Waals surface area contributed by atoms with Crippen molar-refractivity contribution < 1.29 is 0 Å². The molecule has 0 saturated carbocycles. The third-order valence-electron chi connectivity index (χ3n) is 9.84. The predicted octanol–water partition coefficient (Wildman–Crippen LogP) is 10.1. The first kappa shape index (κ1) is 28.4. The van der Waals surface area contributed by atoms with Gasteiger partial charge in [-0.1, -0.05) is 121 Å². The van der Waals surface area contributed by atoms with Crippen molar-refractivity contribution in [2.45, 2.75) is 12.0 Å². The Kier molecular flexibility index (Phi) is 6.52. The van der Waals surface area contributed by atoms with E-state index < -0.39 is 0 Å². The molecule has 0 fully saturated rings. The Morgan fingerprint density at radius 2 is 1.24 bits per heavy atom. The van der Waals surface area contributed by atoms with Crippen LogP contribution < -0.4 is 4.90 Å². The molecule has 8 aromatic rings. The van der Waals surface area contributed by atoms with E-state index in [1.165, 1.54) is 28.1 Å². The van der Waals surface area contributed by atoms with Gasteiger partial charge in [-0.2, -0.15) is 9.97 Å². The zero-order valence-electron chi connectivity index (χ0n) is 27.0. The molecule has 0 amide bonds. The van der Waals surface area contributed by atoms with Crippen LogP contribution in [-0.4, -0.2) is 30.5 Å². The lowest BCUT2D eigenvalue weighted by molar-refractivity contribution is 0.745. The van der Waals surface area contributed by atoms with Gasteiger partial charge in [-0.05, 0) is 59.2 Å². The van der Waals surface area contributed by atoms with Crippen LogP contribution in [0.15, 0.2) is 170 Å². The number of hydrogen-bond acceptors (Lipinski definition) is 5. The van der Waals surface area contributed by atoms with Crippen LogP contribution >= 0.6 is 0 Å². The molecule has 2 aliphatic rings. The molecule has 4 heterocycles. The largest absolute Gasteiger partial charge is 0.333 e. The number of nitrogens with zero attached hydrogens (tertiary/aromatic N) is 6. The Morgan fingerprint density at radius 1 is 0.540 bits per heavy atom. The zero-order valence-corrected chi connectivity index (χ0v) is 27.0. The van der Waals surface area contributed by atoms with E-state index >= 15 is 0 Å². The van der Waals surface area contributed by atoms with Crippen LogP contribution in [0.3, 0.4) is 0 Å². The number of anilines is 2. The summed E-state index contributed by atoms with van der Waals surface area (Å²) in [5, 5.41) is 2.14. The van der Waals surface area contributed by atoms with Crippen molar-refractivity contribution in [2.24, 2.45) is 0 Å². The molecule has 1 aliphatic carbocycles. The second kappa shape index (κ2) is 11.5. The Hall–Kier alpha value is -6.66. The standard InChI is InChI=1S/C44H30N6/c1-4-14-29(15-5-1)41-46-42(30-16-6-2-7-17-30)48-44(47-41)50-38-26-25-31(28-36(38)34-22-13-27-45-43(34)50)33-21-12-24-39-40(33)35-20-10-11-23-37(35)49(39)32-18-8-3-9-19-32/h1-28,35,37H. The van der Waals surface area contributed by atoms with Crippen molar-refractivity contribution in [3.05, 3.63) is 176 Å². The zero-order chi connectivity index (χ0) is 33.0. The molecule has 0 saturated heterocycles. The molecule has 50 heavy (non-hydrogen) atoms. The molecule has 2 atom stereocenters. The van der Waals surface area contributed by atoms with Crippen molar-refractivity contribution in [3.8, 4) is 39.9 Å². The second-order valence-corrected chi connectivity index (χ2v) is 12.7. The maximum atomic E-state index is 5.06. The van der Waals surface area contributed by atoms with E-state index in [0.29, 0.717) is 17.6 Å². The predicted molar refractivity (Wildman–Crippen MR) is 202 cm³/mol. The molecule has 5 aromatic carbocycles. The minimum Gasteiger partial charge on any atom is -0.333 e.